The number of anilines is 1. The van der Waals surface area contributed by atoms with Crippen molar-refractivity contribution in [2.45, 2.75) is 64.5 Å². The summed E-state index contributed by atoms with van der Waals surface area (Å²) in [5.74, 6) is 0.708. The third-order valence-electron chi connectivity index (χ3n) is 6.10. The van der Waals surface area contributed by atoms with E-state index in [2.05, 4.69) is 11.8 Å². The van der Waals surface area contributed by atoms with Crippen LogP contribution in [0.2, 0.25) is 0 Å². The first-order valence-electron chi connectivity index (χ1n) is 11.8. The predicted octanol–water partition coefficient (Wildman–Crippen LogP) is 3.61. The lowest BCUT2D eigenvalue weighted by Crippen LogP contribution is -2.51. The Balaban J connectivity index is 1.85. The molecule has 3 rings (SSSR count). The summed E-state index contributed by atoms with van der Waals surface area (Å²) in [4.78, 5) is 20.2. The van der Waals surface area contributed by atoms with Gasteiger partial charge < -0.3 is 4.90 Å². The van der Waals surface area contributed by atoms with Crippen molar-refractivity contribution >= 4 is 15.8 Å². The third-order valence-corrected chi connectivity index (χ3v) is 8.38. The summed E-state index contributed by atoms with van der Waals surface area (Å²) < 4.78 is 28.2. The Morgan fingerprint density at radius 3 is 2.25 bits per heavy atom. The van der Waals surface area contributed by atoms with Crippen LogP contribution in [-0.2, 0) is 16.4 Å². The van der Waals surface area contributed by atoms with Gasteiger partial charge in [-0.3, -0.25) is 9.36 Å². The lowest BCUT2D eigenvalue weighted by atomic mass is 10.1. The molecule has 2 aromatic rings. The van der Waals surface area contributed by atoms with Gasteiger partial charge in [0.15, 0.2) is 0 Å². The van der Waals surface area contributed by atoms with Gasteiger partial charge in [-0.05, 0) is 38.8 Å². The highest BCUT2D eigenvalue weighted by molar-refractivity contribution is 7.89. The molecule has 1 aromatic carbocycles. The van der Waals surface area contributed by atoms with E-state index >= 15 is 0 Å². The second-order valence-electron chi connectivity index (χ2n) is 8.70. The maximum atomic E-state index is 13.5. The quantitative estimate of drug-likeness (QED) is 0.507. The van der Waals surface area contributed by atoms with Crippen LogP contribution in [-0.4, -0.2) is 53.7 Å². The third kappa shape index (κ3) is 5.59. The Labute approximate surface area is 192 Å². The highest BCUT2D eigenvalue weighted by Crippen LogP contribution is 2.21. The van der Waals surface area contributed by atoms with Gasteiger partial charge >= 0.3 is 0 Å². The summed E-state index contributed by atoms with van der Waals surface area (Å²) in [6.45, 7) is 7.52. The molecule has 1 aliphatic heterocycles. The van der Waals surface area contributed by atoms with Gasteiger partial charge in [0.05, 0.1) is 16.5 Å². The zero-order chi connectivity index (χ0) is 23.1. The van der Waals surface area contributed by atoms with E-state index in [-0.39, 0.29) is 5.56 Å². The molecule has 0 radical (unpaired) electrons. The molecule has 0 saturated carbocycles. The molecule has 0 unspecified atom stereocenters. The highest BCUT2D eigenvalue weighted by Gasteiger charge is 2.30. The Kier molecular flexibility index (Phi) is 8.48. The number of piperazine rings is 1. The first-order valence-corrected chi connectivity index (χ1v) is 13.3. The van der Waals surface area contributed by atoms with Crippen molar-refractivity contribution in [1.82, 2.24) is 13.9 Å². The fourth-order valence-electron chi connectivity index (χ4n) is 4.11. The first-order chi connectivity index (χ1) is 15.4. The largest absolute Gasteiger partial charge is 0.354 e. The molecule has 8 heteroatoms. The van der Waals surface area contributed by atoms with Gasteiger partial charge in [-0.25, -0.2) is 13.4 Å². The lowest BCUT2D eigenvalue weighted by molar-refractivity contribution is 0.379. The van der Waals surface area contributed by atoms with Crippen molar-refractivity contribution in [3.63, 3.8) is 0 Å². The van der Waals surface area contributed by atoms with Gasteiger partial charge in [0.2, 0.25) is 10.0 Å². The Hall–Kier alpha value is -2.19. The molecule has 176 valence electrons. The molecule has 0 N–H and O–H groups in total. The number of hydrogen-bond donors (Lipinski definition) is 0. The van der Waals surface area contributed by atoms with Crippen LogP contribution in [0.1, 0.15) is 58.4 Å². The van der Waals surface area contributed by atoms with Crippen molar-refractivity contribution in [3.05, 3.63) is 52.6 Å². The average Bonchev–Trinajstić information content (AvgIpc) is 2.80. The molecule has 7 nitrogen and oxygen atoms in total. The second kappa shape index (κ2) is 11.1. The number of benzene rings is 1. The molecule has 32 heavy (non-hydrogen) atoms. The first kappa shape index (κ1) is 24.5. The molecule has 0 amide bonds. The highest BCUT2D eigenvalue weighted by atomic mass is 32.2. The molecular formula is C24H36N4O3S. The Morgan fingerprint density at radius 1 is 0.969 bits per heavy atom. The molecule has 1 fully saturated rings. The Bertz CT molecular complexity index is 1030. The molecule has 0 bridgehead atoms. The number of unbranched alkanes of at least 4 members (excludes halogenated alkanes) is 4. The van der Waals surface area contributed by atoms with E-state index in [4.69, 9.17) is 4.98 Å². The van der Waals surface area contributed by atoms with Crippen LogP contribution >= 0.6 is 0 Å². The molecule has 2 heterocycles. The zero-order valence-corrected chi connectivity index (χ0v) is 20.4. The molecule has 1 aromatic heterocycles. The van der Waals surface area contributed by atoms with Crippen LogP contribution in [0.25, 0.3) is 5.69 Å². The number of hydrogen-bond acceptors (Lipinski definition) is 5. The fraction of sp³-hybridized carbons (Fsp3) is 0.583. The SMILES string of the molecule is CCCCCCCc1c(N2CCN(S(=O)(=O)C(C)C)CC2)ncn(-c2ccccc2)c1=O. The van der Waals surface area contributed by atoms with E-state index in [1.54, 1.807) is 29.0 Å². The molecule has 0 spiro atoms. The lowest BCUT2D eigenvalue weighted by Gasteiger charge is -2.36. The maximum absolute atomic E-state index is 13.5. The van der Waals surface area contributed by atoms with E-state index in [0.717, 1.165) is 24.1 Å². The fourth-order valence-corrected chi connectivity index (χ4v) is 5.37. The van der Waals surface area contributed by atoms with Crippen LogP contribution in [0.4, 0.5) is 5.82 Å². The van der Waals surface area contributed by atoms with Crippen LogP contribution in [0, 0.1) is 0 Å². The van der Waals surface area contributed by atoms with Gasteiger partial charge in [-0.15, -0.1) is 0 Å². The number of aromatic nitrogens is 2. The molecule has 0 atom stereocenters. The zero-order valence-electron chi connectivity index (χ0n) is 19.5. The van der Waals surface area contributed by atoms with Crippen molar-refractivity contribution in [1.29, 1.82) is 0 Å². The molecule has 0 aliphatic carbocycles. The topological polar surface area (TPSA) is 75.5 Å². The smallest absolute Gasteiger partial charge is 0.263 e. The second-order valence-corrected chi connectivity index (χ2v) is 11.2. The van der Waals surface area contributed by atoms with Gasteiger partial charge in [0.1, 0.15) is 12.1 Å². The Morgan fingerprint density at radius 2 is 1.62 bits per heavy atom. The normalized spacial score (nSPS) is 15.4. The van der Waals surface area contributed by atoms with E-state index in [1.165, 1.54) is 19.3 Å². The van der Waals surface area contributed by atoms with Crippen LogP contribution in [0.15, 0.2) is 41.5 Å². The summed E-state index contributed by atoms with van der Waals surface area (Å²) in [7, 11) is -3.27. The predicted molar refractivity (Wildman–Crippen MR) is 130 cm³/mol. The van der Waals surface area contributed by atoms with Gasteiger partial charge in [-0.2, -0.15) is 4.31 Å². The summed E-state index contributed by atoms with van der Waals surface area (Å²) >= 11 is 0. The van der Waals surface area contributed by atoms with E-state index in [1.807, 2.05) is 30.3 Å². The van der Waals surface area contributed by atoms with E-state index < -0.39 is 15.3 Å². The molecule has 1 aliphatic rings. The van der Waals surface area contributed by atoms with Crippen LogP contribution in [0.3, 0.4) is 0 Å². The summed E-state index contributed by atoms with van der Waals surface area (Å²) in [6.07, 6.45) is 7.89. The molecule has 1 saturated heterocycles. The maximum Gasteiger partial charge on any atom is 0.263 e. The monoisotopic (exact) mass is 460 g/mol. The minimum atomic E-state index is -3.27. The standard InChI is InChI=1S/C24H36N4O3S/c1-4-5-6-7-11-14-22-23(25-19-28(24(22)29)21-12-9-8-10-13-21)26-15-17-27(18-16-26)32(30,31)20(2)3/h8-10,12-13,19-20H,4-7,11,14-18H2,1-3H3. The molecular weight excluding hydrogens is 424 g/mol. The summed E-state index contributed by atoms with van der Waals surface area (Å²) in [6, 6.07) is 9.56. The van der Waals surface area contributed by atoms with Crippen molar-refractivity contribution in [2.75, 3.05) is 31.1 Å². The minimum absolute atomic E-state index is 0.0334. The number of para-hydroxylation sites is 1. The number of nitrogens with zero attached hydrogens (tertiary/aromatic N) is 4. The van der Waals surface area contributed by atoms with Crippen molar-refractivity contribution in [2.24, 2.45) is 0 Å². The number of sulfonamides is 1. The van der Waals surface area contributed by atoms with Crippen molar-refractivity contribution in [3.8, 4) is 5.69 Å². The van der Waals surface area contributed by atoms with Gasteiger partial charge in [0.25, 0.3) is 5.56 Å². The van der Waals surface area contributed by atoms with Crippen LogP contribution in [0.5, 0.6) is 0 Å². The van der Waals surface area contributed by atoms with Crippen molar-refractivity contribution < 1.29 is 8.42 Å². The summed E-state index contributed by atoms with van der Waals surface area (Å²) in [5, 5.41) is -0.430. The summed E-state index contributed by atoms with van der Waals surface area (Å²) in [5.41, 5.74) is 1.50. The number of rotatable bonds is 10. The van der Waals surface area contributed by atoms with E-state index in [0.29, 0.717) is 38.4 Å². The minimum Gasteiger partial charge on any atom is -0.354 e. The van der Waals surface area contributed by atoms with Crippen LogP contribution < -0.4 is 10.5 Å². The van der Waals surface area contributed by atoms with Gasteiger partial charge in [-0.1, -0.05) is 50.8 Å². The average molecular weight is 461 g/mol. The van der Waals surface area contributed by atoms with Gasteiger partial charge in [0, 0.05) is 26.2 Å². The van der Waals surface area contributed by atoms with E-state index in [9.17, 15) is 13.2 Å².